The van der Waals surface area contributed by atoms with Crippen LogP contribution in [0.15, 0.2) is 24.4 Å². The topological polar surface area (TPSA) is 83.5 Å². The number of hydrogen-bond acceptors (Lipinski definition) is 7. The number of fused-ring (bicyclic) bond motifs is 1. The van der Waals surface area contributed by atoms with Gasteiger partial charge in [-0.3, -0.25) is 9.69 Å². The first kappa shape index (κ1) is 19.6. The summed E-state index contributed by atoms with van der Waals surface area (Å²) in [5.41, 5.74) is 2.08. The number of anilines is 2. The van der Waals surface area contributed by atoms with Gasteiger partial charge in [0.05, 0.1) is 6.61 Å². The summed E-state index contributed by atoms with van der Waals surface area (Å²) in [4.78, 5) is 29.6. The van der Waals surface area contributed by atoms with Crippen LogP contribution in [-0.2, 0) is 11.2 Å². The Morgan fingerprint density at radius 2 is 1.93 bits per heavy atom. The van der Waals surface area contributed by atoms with Crippen LogP contribution < -0.4 is 15.0 Å². The van der Waals surface area contributed by atoms with Crippen molar-refractivity contribution in [3.05, 3.63) is 35.7 Å². The molecule has 1 amide bonds. The van der Waals surface area contributed by atoms with Crippen LogP contribution in [0.5, 0.6) is 5.88 Å². The van der Waals surface area contributed by atoms with Gasteiger partial charge in [0.15, 0.2) is 0 Å². The van der Waals surface area contributed by atoms with E-state index in [1.54, 1.807) is 0 Å². The number of rotatable bonds is 7. The van der Waals surface area contributed by atoms with E-state index in [2.05, 4.69) is 30.1 Å². The van der Waals surface area contributed by atoms with Crippen molar-refractivity contribution in [2.75, 3.05) is 49.5 Å². The lowest BCUT2D eigenvalue weighted by atomic mass is 10.1. The highest BCUT2D eigenvalue weighted by atomic mass is 16.5. The first-order valence-corrected chi connectivity index (χ1v) is 10.4. The van der Waals surface area contributed by atoms with Gasteiger partial charge in [0.25, 0.3) is 0 Å². The van der Waals surface area contributed by atoms with E-state index in [-0.39, 0.29) is 5.91 Å². The maximum atomic E-state index is 11.5. The molecule has 2 aliphatic heterocycles. The number of aromatic nitrogens is 3. The standard InChI is InChI=1S/C21H28N6O2/c1-16-8-9-22-21(23-16)27-13-11-26(12-14-27)10-2-3-15-29-19-7-5-17-4-6-18(28)24-20(17)25-19/h5,7-9H,2-4,6,10-15H2,1H3,(H,24,25,28). The molecule has 0 spiro atoms. The maximum Gasteiger partial charge on any atom is 0.225 e. The first-order chi connectivity index (χ1) is 14.2. The zero-order chi connectivity index (χ0) is 20.1. The molecule has 29 heavy (non-hydrogen) atoms. The van der Waals surface area contributed by atoms with Crippen LogP contribution in [0.3, 0.4) is 0 Å². The molecule has 2 aliphatic rings. The van der Waals surface area contributed by atoms with Gasteiger partial charge < -0.3 is 15.0 Å². The van der Waals surface area contributed by atoms with Crippen LogP contribution in [0.4, 0.5) is 11.8 Å². The largest absolute Gasteiger partial charge is 0.478 e. The fourth-order valence-electron chi connectivity index (χ4n) is 3.68. The van der Waals surface area contributed by atoms with Gasteiger partial charge in [-0.15, -0.1) is 0 Å². The van der Waals surface area contributed by atoms with Gasteiger partial charge >= 0.3 is 0 Å². The highest BCUT2D eigenvalue weighted by Gasteiger charge is 2.19. The van der Waals surface area contributed by atoms with Crippen molar-refractivity contribution in [2.24, 2.45) is 0 Å². The first-order valence-electron chi connectivity index (χ1n) is 10.4. The fourth-order valence-corrected chi connectivity index (χ4v) is 3.68. The molecule has 0 saturated carbocycles. The summed E-state index contributed by atoms with van der Waals surface area (Å²) < 4.78 is 5.78. The van der Waals surface area contributed by atoms with Crippen molar-refractivity contribution in [3.8, 4) is 5.88 Å². The minimum atomic E-state index is 0.0243. The Labute approximate surface area is 171 Å². The van der Waals surface area contributed by atoms with Gasteiger partial charge in [-0.1, -0.05) is 0 Å². The second-order valence-electron chi connectivity index (χ2n) is 7.59. The summed E-state index contributed by atoms with van der Waals surface area (Å²) in [7, 11) is 0. The number of nitrogens with one attached hydrogen (secondary N) is 1. The van der Waals surface area contributed by atoms with Crippen LogP contribution in [0.2, 0.25) is 0 Å². The molecule has 0 radical (unpaired) electrons. The molecule has 0 unspecified atom stereocenters. The molecule has 154 valence electrons. The minimum Gasteiger partial charge on any atom is -0.478 e. The van der Waals surface area contributed by atoms with Crippen molar-refractivity contribution in [2.45, 2.75) is 32.6 Å². The van der Waals surface area contributed by atoms with Crippen molar-refractivity contribution < 1.29 is 9.53 Å². The minimum absolute atomic E-state index is 0.0243. The van der Waals surface area contributed by atoms with Crippen molar-refractivity contribution in [3.63, 3.8) is 0 Å². The number of carbonyl (C=O) groups is 1. The molecule has 8 heteroatoms. The Balaban J connectivity index is 1.14. The summed E-state index contributed by atoms with van der Waals surface area (Å²) in [6.45, 7) is 7.69. The predicted octanol–water partition coefficient (Wildman–Crippen LogP) is 2.05. The Kier molecular flexibility index (Phi) is 6.19. The van der Waals surface area contributed by atoms with Gasteiger partial charge in [0.2, 0.25) is 17.7 Å². The second kappa shape index (κ2) is 9.17. The molecule has 4 rings (SSSR count). The number of carbonyl (C=O) groups excluding carboxylic acids is 1. The number of nitrogens with zero attached hydrogens (tertiary/aromatic N) is 5. The van der Waals surface area contributed by atoms with E-state index in [0.29, 0.717) is 24.7 Å². The summed E-state index contributed by atoms with van der Waals surface area (Å²) in [5.74, 6) is 2.09. The zero-order valence-electron chi connectivity index (χ0n) is 16.9. The van der Waals surface area contributed by atoms with E-state index < -0.39 is 0 Å². The number of piperazine rings is 1. The molecule has 4 heterocycles. The third kappa shape index (κ3) is 5.20. The van der Waals surface area contributed by atoms with Crippen LogP contribution in [0, 0.1) is 6.92 Å². The molecule has 0 bridgehead atoms. The summed E-state index contributed by atoms with van der Waals surface area (Å²) >= 11 is 0. The number of aryl methyl sites for hydroxylation is 2. The molecule has 0 aromatic carbocycles. The van der Waals surface area contributed by atoms with Crippen LogP contribution >= 0.6 is 0 Å². The Morgan fingerprint density at radius 1 is 1.07 bits per heavy atom. The van der Waals surface area contributed by atoms with Gasteiger partial charge in [0.1, 0.15) is 5.82 Å². The molecule has 2 aromatic heterocycles. The average Bonchev–Trinajstić information content (AvgIpc) is 2.73. The van der Waals surface area contributed by atoms with Gasteiger partial charge in [0, 0.05) is 50.6 Å². The van der Waals surface area contributed by atoms with E-state index in [9.17, 15) is 4.79 Å². The quantitative estimate of drug-likeness (QED) is 0.717. The molecule has 1 fully saturated rings. The summed E-state index contributed by atoms with van der Waals surface area (Å²) in [6, 6.07) is 5.81. The number of amides is 1. The molecule has 8 nitrogen and oxygen atoms in total. The second-order valence-corrected chi connectivity index (χ2v) is 7.59. The van der Waals surface area contributed by atoms with E-state index in [0.717, 1.165) is 69.2 Å². The molecule has 2 aromatic rings. The molecule has 1 N–H and O–H groups in total. The third-order valence-electron chi connectivity index (χ3n) is 5.39. The molecule has 1 saturated heterocycles. The Hall–Kier alpha value is -2.74. The fraction of sp³-hybridized carbons (Fsp3) is 0.524. The third-order valence-corrected chi connectivity index (χ3v) is 5.39. The van der Waals surface area contributed by atoms with Crippen LogP contribution in [-0.4, -0.2) is 65.1 Å². The van der Waals surface area contributed by atoms with Gasteiger partial charge in [-0.25, -0.2) is 9.97 Å². The highest BCUT2D eigenvalue weighted by Crippen LogP contribution is 2.23. The monoisotopic (exact) mass is 396 g/mol. The number of ether oxygens (including phenoxy) is 1. The van der Waals surface area contributed by atoms with Gasteiger partial charge in [-0.05, 0) is 50.4 Å². The highest BCUT2D eigenvalue weighted by molar-refractivity contribution is 5.92. The SMILES string of the molecule is Cc1ccnc(N2CCN(CCCCOc3ccc4c(n3)NC(=O)CC4)CC2)n1. The number of pyridine rings is 1. The Bertz CT molecular complexity index is 851. The lowest BCUT2D eigenvalue weighted by Gasteiger charge is -2.34. The summed E-state index contributed by atoms with van der Waals surface area (Å²) in [6.07, 6.45) is 5.17. The van der Waals surface area contributed by atoms with Crippen molar-refractivity contribution in [1.29, 1.82) is 0 Å². The number of unbranched alkanes of at least 4 members (excludes halogenated alkanes) is 1. The molecule has 0 aliphatic carbocycles. The van der Waals surface area contributed by atoms with Crippen LogP contribution in [0.1, 0.15) is 30.5 Å². The zero-order valence-corrected chi connectivity index (χ0v) is 16.9. The lowest BCUT2D eigenvalue weighted by molar-refractivity contribution is -0.116. The lowest BCUT2D eigenvalue weighted by Crippen LogP contribution is -2.47. The molecular weight excluding hydrogens is 368 g/mol. The van der Waals surface area contributed by atoms with E-state index >= 15 is 0 Å². The molecule has 0 atom stereocenters. The van der Waals surface area contributed by atoms with Crippen molar-refractivity contribution >= 4 is 17.7 Å². The van der Waals surface area contributed by atoms with Crippen LogP contribution in [0.25, 0.3) is 0 Å². The average molecular weight is 396 g/mol. The van der Waals surface area contributed by atoms with E-state index in [1.807, 2.05) is 31.3 Å². The summed E-state index contributed by atoms with van der Waals surface area (Å²) in [5, 5.41) is 2.81. The molecular formula is C21H28N6O2. The van der Waals surface area contributed by atoms with Crippen molar-refractivity contribution in [1.82, 2.24) is 19.9 Å². The van der Waals surface area contributed by atoms with Gasteiger partial charge in [-0.2, -0.15) is 4.98 Å². The Morgan fingerprint density at radius 3 is 2.76 bits per heavy atom. The maximum absolute atomic E-state index is 11.5. The predicted molar refractivity (Wildman–Crippen MR) is 111 cm³/mol. The number of hydrogen-bond donors (Lipinski definition) is 1. The smallest absolute Gasteiger partial charge is 0.225 e. The normalized spacial score (nSPS) is 17.0. The van der Waals surface area contributed by atoms with E-state index in [1.165, 1.54) is 0 Å². The van der Waals surface area contributed by atoms with E-state index in [4.69, 9.17) is 4.74 Å².